The van der Waals surface area contributed by atoms with E-state index < -0.39 is 16.1 Å². The van der Waals surface area contributed by atoms with E-state index in [0.717, 1.165) is 6.26 Å². The summed E-state index contributed by atoms with van der Waals surface area (Å²) in [4.78, 5) is 4.27. The van der Waals surface area contributed by atoms with Crippen LogP contribution in [0.3, 0.4) is 0 Å². The quantitative estimate of drug-likeness (QED) is 0.920. The molecule has 1 N–H and O–H groups in total. The molecule has 1 aromatic heterocycles. The van der Waals surface area contributed by atoms with E-state index in [-0.39, 0.29) is 0 Å². The van der Waals surface area contributed by atoms with Crippen LogP contribution in [0.25, 0.3) is 5.69 Å². The third-order valence-electron chi connectivity index (χ3n) is 2.66. The van der Waals surface area contributed by atoms with Gasteiger partial charge in [-0.25, -0.2) is 22.8 Å². The molecule has 0 bridgehead atoms. The second-order valence-corrected chi connectivity index (χ2v) is 7.23. The molecule has 0 aliphatic heterocycles. The molecule has 0 unspecified atom stereocenters. The molecule has 0 amide bonds. The minimum atomic E-state index is -3.35. The van der Waals surface area contributed by atoms with Gasteiger partial charge in [-0.3, -0.25) is 0 Å². The Balaban J connectivity index is 2.47. The van der Waals surface area contributed by atoms with Gasteiger partial charge in [0.05, 0.1) is 28.0 Å². The number of aromatic nitrogens is 3. The highest BCUT2D eigenvalue weighted by atomic mass is 35.5. The second-order valence-electron chi connectivity index (χ2n) is 4.64. The van der Waals surface area contributed by atoms with Crippen LogP contribution >= 0.6 is 23.2 Å². The molecule has 21 heavy (non-hydrogen) atoms. The van der Waals surface area contributed by atoms with Crippen LogP contribution < -0.4 is 4.72 Å². The van der Waals surface area contributed by atoms with Gasteiger partial charge in [0.1, 0.15) is 11.6 Å². The van der Waals surface area contributed by atoms with E-state index in [1.165, 1.54) is 0 Å². The Hall–Kier alpha value is -1.15. The summed E-state index contributed by atoms with van der Waals surface area (Å²) in [5.41, 5.74) is 0.655. The molecule has 0 aliphatic carbocycles. The maximum atomic E-state index is 11.4. The number of sulfonamides is 1. The summed E-state index contributed by atoms with van der Waals surface area (Å²) in [5, 5.41) is 5.09. The molecule has 0 radical (unpaired) electrons. The van der Waals surface area contributed by atoms with E-state index in [1.807, 2.05) is 0 Å². The first-order chi connectivity index (χ1) is 9.67. The standard InChI is InChI=1S/C12H14Cl2N4O2S/c1-7(17-21(3,19)20)12-15-8(2)16-18(12)9-4-5-10(13)11(14)6-9/h4-7,17H,1-3H3/t7-/m0/s1. The Labute approximate surface area is 133 Å². The number of nitrogens with one attached hydrogen (secondary N) is 1. The van der Waals surface area contributed by atoms with Crippen molar-refractivity contribution >= 4 is 33.2 Å². The van der Waals surface area contributed by atoms with Crippen LogP contribution in [0.1, 0.15) is 24.6 Å². The molecule has 0 fully saturated rings. The Morgan fingerprint density at radius 1 is 1.29 bits per heavy atom. The molecule has 1 heterocycles. The van der Waals surface area contributed by atoms with Crippen molar-refractivity contribution in [2.45, 2.75) is 19.9 Å². The fourth-order valence-electron chi connectivity index (χ4n) is 1.89. The van der Waals surface area contributed by atoms with Crippen molar-refractivity contribution in [1.82, 2.24) is 19.5 Å². The van der Waals surface area contributed by atoms with E-state index in [9.17, 15) is 8.42 Å². The van der Waals surface area contributed by atoms with Gasteiger partial charge < -0.3 is 0 Å². The van der Waals surface area contributed by atoms with Crippen LogP contribution in [-0.2, 0) is 10.0 Å². The molecule has 2 aromatic rings. The normalized spacial score (nSPS) is 13.4. The number of nitrogens with zero attached hydrogens (tertiary/aromatic N) is 3. The minimum Gasteiger partial charge on any atom is -0.216 e. The lowest BCUT2D eigenvalue weighted by molar-refractivity contribution is 0.560. The zero-order valence-electron chi connectivity index (χ0n) is 11.6. The Kier molecular flexibility index (Phi) is 4.57. The zero-order valence-corrected chi connectivity index (χ0v) is 14.0. The highest BCUT2D eigenvalue weighted by molar-refractivity contribution is 7.88. The van der Waals surface area contributed by atoms with Crippen LogP contribution in [0, 0.1) is 6.92 Å². The van der Waals surface area contributed by atoms with E-state index >= 15 is 0 Å². The molecule has 0 saturated carbocycles. The van der Waals surface area contributed by atoms with Crippen LogP contribution in [0.15, 0.2) is 18.2 Å². The summed E-state index contributed by atoms with van der Waals surface area (Å²) >= 11 is 11.9. The molecule has 0 aliphatic rings. The molecule has 0 spiro atoms. The summed E-state index contributed by atoms with van der Waals surface area (Å²) in [6.07, 6.45) is 1.09. The van der Waals surface area contributed by atoms with Gasteiger partial charge >= 0.3 is 0 Å². The van der Waals surface area contributed by atoms with Crippen molar-refractivity contribution in [3.05, 3.63) is 39.9 Å². The van der Waals surface area contributed by atoms with Crippen LogP contribution in [0.4, 0.5) is 0 Å². The van der Waals surface area contributed by atoms with E-state index in [2.05, 4.69) is 14.8 Å². The van der Waals surface area contributed by atoms with Crippen LogP contribution in [0.5, 0.6) is 0 Å². The van der Waals surface area contributed by atoms with Gasteiger partial charge in [-0.1, -0.05) is 23.2 Å². The number of benzene rings is 1. The average molecular weight is 349 g/mol. The summed E-state index contributed by atoms with van der Waals surface area (Å²) in [5.74, 6) is 0.995. The van der Waals surface area contributed by atoms with E-state index in [0.29, 0.717) is 27.4 Å². The fourth-order valence-corrected chi connectivity index (χ4v) is 2.93. The lowest BCUT2D eigenvalue weighted by Crippen LogP contribution is -2.27. The molecule has 114 valence electrons. The van der Waals surface area contributed by atoms with Crippen LogP contribution in [0.2, 0.25) is 10.0 Å². The third-order valence-corrected chi connectivity index (χ3v) is 4.18. The molecule has 0 saturated heterocycles. The van der Waals surface area contributed by atoms with Crippen LogP contribution in [-0.4, -0.2) is 29.4 Å². The first-order valence-corrected chi connectivity index (χ1v) is 8.68. The average Bonchev–Trinajstić information content (AvgIpc) is 2.73. The highest BCUT2D eigenvalue weighted by Crippen LogP contribution is 2.25. The van der Waals surface area contributed by atoms with Gasteiger partial charge in [-0.15, -0.1) is 0 Å². The van der Waals surface area contributed by atoms with Crippen molar-refractivity contribution in [2.75, 3.05) is 6.26 Å². The summed E-state index contributed by atoms with van der Waals surface area (Å²) < 4.78 is 26.7. The van der Waals surface area contributed by atoms with Crippen molar-refractivity contribution in [3.8, 4) is 5.69 Å². The summed E-state index contributed by atoms with van der Waals surface area (Å²) in [6, 6.07) is 4.50. The highest BCUT2D eigenvalue weighted by Gasteiger charge is 2.19. The van der Waals surface area contributed by atoms with E-state index in [4.69, 9.17) is 23.2 Å². The largest absolute Gasteiger partial charge is 0.216 e. The van der Waals surface area contributed by atoms with Gasteiger partial charge in [0.25, 0.3) is 0 Å². The predicted octanol–water partition coefficient (Wildman–Crippen LogP) is 2.49. The lowest BCUT2D eigenvalue weighted by atomic mass is 10.3. The zero-order chi connectivity index (χ0) is 15.8. The predicted molar refractivity (Wildman–Crippen MR) is 82.5 cm³/mol. The smallest absolute Gasteiger partial charge is 0.209 e. The second kappa shape index (κ2) is 5.92. The van der Waals surface area contributed by atoms with Gasteiger partial charge in [-0.2, -0.15) is 5.10 Å². The number of hydrogen-bond acceptors (Lipinski definition) is 4. The number of rotatable bonds is 4. The van der Waals surface area contributed by atoms with Crippen molar-refractivity contribution < 1.29 is 8.42 Å². The molecular formula is C12H14Cl2N4O2S. The number of aryl methyl sites for hydroxylation is 1. The molecule has 2 rings (SSSR count). The first kappa shape index (κ1) is 16.2. The third kappa shape index (κ3) is 3.94. The fraction of sp³-hybridized carbons (Fsp3) is 0.333. The maximum absolute atomic E-state index is 11.4. The number of hydrogen-bond donors (Lipinski definition) is 1. The van der Waals surface area contributed by atoms with Gasteiger partial charge in [-0.05, 0) is 32.0 Å². The van der Waals surface area contributed by atoms with Crippen molar-refractivity contribution in [2.24, 2.45) is 0 Å². The molecular weight excluding hydrogens is 335 g/mol. The SMILES string of the molecule is Cc1nc([C@H](C)NS(C)(=O)=O)n(-c2ccc(Cl)c(Cl)c2)n1. The van der Waals surface area contributed by atoms with Gasteiger partial charge in [0.15, 0.2) is 0 Å². The number of halogens is 2. The van der Waals surface area contributed by atoms with Crippen molar-refractivity contribution in [3.63, 3.8) is 0 Å². The summed E-state index contributed by atoms with van der Waals surface area (Å²) in [6.45, 7) is 3.42. The topological polar surface area (TPSA) is 76.9 Å². The Bertz CT molecular complexity index is 774. The van der Waals surface area contributed by atoms with E-state index in [1.54, 1.807) is 36.7 Å². The molecule has 1 aromatic carbocycles. The molecule has 9 heteroatoms. The monoisotopic (exact) mass is 348 g/mol. The first-order valence-electron chi connectivity index (χ1n) is 6.03. The Morgan fingerprint density at radius 3 is 2.52 bits per heavy atom. The minimum absolute atomic E-state index is 0.386. The van der Waals surface area contributed by atoms with Gasteiger partial charge in [0, 0.05) is 0 Å². The molecule has 6 nitrogen and oxygen atoms in total. The Morgan fingerprint density at radius 2 is 1.95 bits per heavy atom. The maximum Gasteiger partial charge on any atom is 0.209 e. The van der Waals surface area contributed by atoms with Crippen molar-refractivity contribution in [1.29, 1.82) is 0 Å². The lowest BCUT2D eigenvalue weighted by Gasteiger charge is -2.13. The van der Waals surface area contributed by atoms with Gasteiger partial charge in [0.2, 0.25) is 10.0 Å². The molecule has 1 atom stereocenters. The summed E-state index contributed by atoms with van der Waals surface area (Å²) in [7, 11) is -3.35.